The average Bonchev–Trinajstić information content (AvgIpc) is 2.79. The third kappa shape index (κ3) is 2.92. The van der Waals surface area contributed by atoms with Gasteiger partial charge in [0, 0.05) is 0 Å². The van der Waals surface area contributed by atoms with Gasteiger partial charge in [0.1, 0.15) is 11.4 Å². The number of hydrazine groups is 1. The molecule has 0 aliphatic heterocycles. The number of nitrogen functional groups attached to an aromatic ring is 1. The van der Waals surface area contributed by atoms with Crippen LogP contribution in [0.25, 0.3) is 0 Å². The molecule has 0 aliphatic carbocycles. The van der Waals surface area contributed by atoms with Crippen LogP contribution in [0.4, 0.5) is 0 Å². The summed E-state index contributed by atoms with van der Waals surface area (Å²) in [6, 6.07) is 9.30. The Kier molecular flexibility index (Phi) is 3.82. The van der Waals surface area contributed by atoms with Gasteiger partial charge in [-0.05, 0) is 30.7 Å². The van der Waals surface area contributed by atoms with E-state index >= 15 is 0 Å². The van der Waals surface area contributed by atoms with Gasteiger partial charge in [0.25, 0.3) is 5.91 Å². The van der Waals surface area contributed by atoms with Crippen LogP contribution in [0.5, 0.6) is 5.75 Å². The number of hydrogen-bond donors (Lipinski definition) is 2. The van der Waals surface area contributed by atoms with Gasteiger partial charge in [-0.25, -0.2) is 5.84 Å². The summed E-state index contributed by atoms with van der Waals surface area (Å²) in [5, 5.41) is 4.29. The van der Waals surface area contributed by atoms with Gasteiger partial charge < -0.3 is 4.74 Å². The minimum absolute atomic E-state index is 0.353. The molecule has 0 saturated heterocycles. The maximum absolute atomic E-state index is 11.6. The van der Waals surface area contributed by atoms with Gasteiger partial charge in [-0.15, -0.1) is 0 Å². The summed E-state index contributed by atoms with van der Waals surface area (Å²) < 4.78 is 6.72. The van der Waals surface area contributed by atoms with Crippen molar-refractivity contribution in [3.63, 3.8) is 0 Å². The Hall–Kier alpha value is -2.34. The van der Waals surface area contributed by atoms with E-state index in [0.29, 0.717) is 12.2 Å². The molecule has 0 radical (unpaired) electrons. The first-order valence-electron chi connectivity index (χ1n) is 5.82. The third-order valence-electron chi connectivity index (χ3n) is 2.76. The minimum atomic E-state index is -0.353. The van der Waals surface area contributed by atoms with Gasteiger partial charge in [0.15, 0.2) is 0 Å². The first-order chi connectivity index (χ1) is 9.13. The predicted molar refractivity (Wildman–Crippen MR) is 70.7 cm³/mol. The number of methoxy groups -OCH3 is 1. The summed E-state index contributed by atoms with van der Waals surface area (Å²) in [5.41, 5.74) is 4.35. The SMILES string of the molecule is COc1ccc(Cn2nc(C)cc2C(=O)NN)cc1. The second-order valence-corrected chi connectivity index (χ2v) is 4.15. The molecule has 1 amide bonds. The number of hydrogen-bond acceptors (Lipinski definition) is 4. The molecule has 6 heteroatoms. The zero-order chi connectivity index (χ0) is 13.8. The van der Waals surface area contributed by atoms with E-state index in [1.54, 1.807) is 17.9 Å². The molecule has 1 aromatic carbocycles. The van der Waals surface area contributed by atoms with Crippen molar-refractivity contribution in [3.8, 4) is 5.75 Å². The Balaban J connectivity index is 2.24. The summed E-state index contributed by atoms with van der Waals surface area (Å²) in [4.78, 5) is 11.6. The summed E-state index contributed by atoms with van der Waals surface area (Å²) in [6.45, 7) is 2.33. The van der Waals surface area contributed by atoms with Gasteiger partial charge in [-0.1, -0.05) is 12.1 Å². The van der Waals surface area contributed by atoms with E-state index in [1.807, 2.05) is 31.2 Å². The van der Waals surface area contributed by atoms with Crippen molar-refractivity contribution in [2.24, 2.45) is 5.84 Å². The molecule has 0 spiro atoms. The standard InChI is InChI=1S/C13H16N4O2/c1-9-7-12(13(18)15-14)17(16-9)8-10-3-5-11(19-2)6-4-10/h3-7H,8,14H2,1-2H3,(H,15,18). The highest BCUT2D eigenvalue weighted by Gasteiger charge is 2.12. The number of ether oxygens (including phenoxy) is 1. The van der Waals surface area contributed by atoms with Crippen molar-refractivity contribution in [2.75, 3.05) is 7.11 Å². The van der Waals surface area contributed by atoms with Crippen LogP contribution in [0, 0.1) is 6.92 Å². The Bertz CT molecular complexity index is 575. The van der Waals surface area contributed by atoms with Gasteiger partial charge in [-0.3, -0.25) is 14.9 Å². The van der Waals surface area contributed by atoms with Crippen molar-refractivity contribution >= 4 is 5.91 Å². The molecule has 1 aromatic heterocycles. The van der Waals surface area contributed by atoms with Crippen molar-refractivity contribution in [3.05, 3.63) is 47.3 Å². The summed E-state index contributed by atoms with van der Waals surface area (Å²) in [5.74, 6) is 5.60. The van der Waals surface area contributed by atoms with Crippen molar-refractivity contribution < 1.29 is 9.53 Å². The number of rotatable bonds is 4. The maximum Gasteiger partial charge on any atom is 0.283 e. The number of nitrogens with one attached hydrogen (secondary N) is 1. The second kappa shape index (κ2) is 5.53. The monoisotopic (exact) mass is 260 g/mol. The number of nitrogens with two attached hydrogens (primary N) is 1. The molecule has 3 N–H and O–H groups in total. The number of carbonyl (C=O) groups is 1. The molecule has 0 aliphatic rings. The Morgan fingerprint density at radius 3 is 2.68 bits per heavy atom. The van der Waals surface area contributed by atoms with Crippen LogP contribution in [-0.2, 0) is 6.54 Å². The number of aryl methyl sites for hydroxylation is 1. The lowest BCUT2D eigenvalue weighted by atomic mass is 10.2. The minimum Gasteiger partial charge on any atom is -0.497 e. The number of nitrogens with zero attached hydrogens (tertiary/aromatic N) is 2. The fourth-order valence-corrected chi connectivity index (χ4v) is 1.83. The quantitative estimate of drug-likeness (QED) is 0.485. The molecule has 1 heterocycles. The van der Waals surface area contributed by atoms with E-state index < -0.39 is 0 Å². The molecule has 0 unspecified atom stereocenters. The third-order valence-corrected chi connectivity index (χ3v) is 2.76. The normalized spacial score (nSPS) is 10.3. The number of amides is 1. The van der Waals surface area contributed by atoms with Gasteiger partial charge in [-0.2, -0.15) is 5.10 Å². The molecule has 100 valence electrons. The number of aromatic nitrogens is 2. The van der Waals surface area contributed by atoms with E-state index in [4.69, 9.17) is 10.6 Å². The van der Waals surface area contributed by atoms with Crippen LogP contribution in [0.1, 0.15) is 21.7 Å². The zero-order valence-corrected chi connectivity index (χ0v) is 10.9. The van der Waals surface area contributed by atoms with E-state index in [2.05, 4.69) is 10.5 Å². The van der Waals surface area contributed by atoms with Gasteiger partial charge in [0.2, 0.25) is 0 Å². The summed E-state index contributed by atoms with van der Waals surface area (Å²) in [6.07, 6.45) is 0. The highest BCUT2D eigenvalue weighted by atomic mass is 16.5. The van der Waals surface area contributed by atoms with Crippen LogP contribution < -0.4 is 16.0 Å². The van der Waals surface area contributed by atoms with Crippen LogP contribution in [0.3, 0.4) is 0 Å². The lowest BCUT2D eigenvalue weighted by Crippen LogP contribution is -2.32. The fraction of sp³-hybridized carbons (Fsp3) is 0.231. The molecular formula is C13H16N4O2. The number of carbonyl (C=O) groups excluding carboxylic acids is 1. The smallest absolute Gasteiger partial charge is 0.283 e. The van der Waals surface area contributed by atoms with E-state index in [9.17, 15) is 4.79 Å². The Morgan fingerprint density at radius 1 is 1.42 bits per heavy atom. The molecule has 0 bridgehead atoms. The van der Waals surface area contributed by atoms with Crippen LogP contribution >= 0.6 is 0 Å². The second-order valence-electron chi connectivity index (χ2n) is 4.15. The van der Waals surface area contributed by atoms with Crippen LogP contribution in [-0.4, -0.2) is 22.8 Å². The van der Waals surface area contributed by atoms with Crippen LogP contribution in [0.15, 0.2) is 30.3 Å². The predicted octanol–water partition coefficient (Wildman–Crippen LogP) is 0.852. The van der Waals surface area contributed by atoms with Crippen molar-refractivity contribution in [1.82, 2.24) is 15.2 Å². The summed E-state index contributed by atoms with van der Waals surface area (Å²) >= 11 is 0. The molecule has 2 rings (SSSR count). The van der Waals surface area contributed by atoms with E-state index in [1.165, 1.54) is 0 Å². The highest BCUT2D eigenvalue weighted by Crippen LogP contribution is 2.13. The van der Waals surface area contributed by atoms with E-state index in [0.717, 1.165) is 17.0 Å². The first-order valence-corrected chi connectivity index (χ1v) is 5.82. The zero-order valence-electron chi connectivity index (χ0n) is 10.9. The molecule has 6 nitrogen and oxygen atoms in total. The van der Waals surface area contributed by atoms with E-state index in [-0.39, 0.29) is 5.91 Å². The molecule has 2 aromatic rings. The summed E-state index contributed by atoms with van der Waals surface area (Å²) in [7, 11) is 1.62. The lowest BCUT2D eigenvalue weighted by Gasteiger charge is -2.07. The molecule has 0 saturated carbocycles. The Labute approximate surface area is 111 Å². The topological polar surface area (TPSA) is 82.2 Å². The lowest BCUT2D eigenvalue weighted by molar-refractivity contribution is 0.0943. The molecule has 0 atom stereocenters. The first kappa shape index (κ1) is 13.1. The van der Waals surface area contributed by atoms with Crippen molar-refractivity contribution in [1.29, 1.82) is 0 Å². The maximum atomic E-state index is 11.6. The Morgan fingerprint density at radius 2 is 2.11 bits per heavy atom. The van der Waals surface area contributed by atoms with Gasteiger partial charge >= 0.3 is 0 Å². The average molecular weight is 260 g/mol. The number of benzene rings is 1. The molecular weight excluding hydrogens is 244 g/mol. The fourth-order valence-electron chi connectivity index (χ4n) is 1.83. The molecule has 19 heavy (non-hydrogen) atoms. The molecule has 0 fully saturated rings. The van der Waals surface area contributed by atoms with Crippen molar-refractivity contribution in [2.45, 2.75) is 13.5 Å². The van der Waals surface area contributed by atoms with Gasteiger partial charge in [0.05, 0.1) is 19.3 Å². The largest absolute Gasteiger partial charge is 0.497 e. The van der Waals surface area contributed by atoms with Crippen LogP contribution in [0.2, 0.25) is 0 Å². The highest BCUT2D eigenvalue weighted by molar-refractivity contribution is 5.92.